The third-order valence-corrected chi connectivity index (χ3v) is 3.27. The summed E-state index contributed by atoms with van der Waals surface area (Å²) in [5.41, 5.74) is 1.36. The van der Waals surface area contributed by atoms with Crippen LogP contribution >= 0.6 is 0 Å². The van der Waals surface area contributed by atoms with E-state index in [0.717, 1.165) is 11.3 Å². The average molecular weight is 258 g/mol. The molecule has 0 unspecified atom stereocenters. The summed E-state index contributed by atoms with van der Waals surface area (Å²) >= 11 is 0. The number of hydrogen-bond donors (Lipinski definition) is 1. The smallest absolute Gasteiger partial charge is 0.309 e. The Morgan fingerprint density at radius 3 is 2.63 bits per heavy atom. The monoisotopic (exact) mass is 258 g/mol. The van der Waals surface area contributed by atoms with E-state index in [9.17, 15) is 4.79 Å². The van der Waals surface area contributed by atoms with Crippen molar-refractivity contribution in [2.24, 2.45) is 5.41 Å². The molecule has 1 aromatic carbocycles. The second-order valence-electron chi connectivity index (χ2n) is 5.32. The topological polar surface area (TPSA) is 55.1 Å². The molecule has 100 valence electrons. The fourth-order valence-electron chi connectivity index (χ4n) is 1.77. The van der Waals surface area contributed by atoms with Crippen molar-refractivity contribution in [3.63, 3.8) is 0 Å². The molecular weight excluding hydrogens is 240 g/mol. The highest BCUT2D eigenvalue weighted by molar-refractivity contribution is 5.73. The summed E-state index contributed by atoms with van der Waals surface area (Å²) in [5.74, 6) is -0.761. The average Bonchev–Trinajstić information content (AvgIpc) is 2.86. The molecule has 0 aliphatic rings. The van der Waals surface area contributed by atoms with Crippen LogP contribution < -0.4 is 0 Å². The summed E-state index contributed by atoms with van der Waals surface area (Å²) in [6, 6.07) is 9.85. The Bertz CT molecular complexity index is 559. The van der Waals surface area contributed by atoms with Crippen molar-refractivity contribution in [1.82, 2.24) is 9.78 Å². The normalized spacial score (nSPS) is 11.5. The van der Waals surface area contributed by atoms with Crippen molar-refractivity contribution in [2.75, 3.05) is 0 Å². The van der Waals surface area contributed by atoms with Crippen molar-refractivity contribution in [1.29, 1.82) is 0 Å². The number of rotatable bonds is 5. The predicted molar refractivity (Wildman–Crippen MR) is 73.3 cm³/mol. The number of carboxylic acids is 1. The molecule has 0 fully saturated rings. The molecule has 19 heavy (non-hydrogen) atoms. The summed E-state index contributed by atoms with van der Waals surface area (Å²) in [6.07, 6.45) is 5.06. The molecule has 0 radical (unpaired) electrons. The maximum atomic E-state index is 11.0. The van der Waals surface area contributed by atoms with Crippen LogP contribution in [-0.4, -0.2) is 20.9 Å². The van der Waals surface area contributed by atoms with E-state index < -0.39 is 11.4 Å². The van der Waals surface area contributed by atoms with Crippen molar-refractivity contribution in [2.45, 2.75) is 26.7 Å². The summed E-state index contributed by atoms with van der Waals surface area (Å²) in [5, 5.41) is 13.4. The van der Waals surface area contributed by atoms with E-state index in [1.165, 1.54) is 0 Å². The maximum Gasteiger partial charge on any atom is 0.309 e. The van der Waals surface area contributed by atoms with Crippen LogP contribution in [0.5, 0.6) is 0 Å². The van der Waals surface area contributed by atoms with Gasteiger partial charge >= 0.3 is 5.97 Å². The van der Waals surface area contributed by atoms with Crippen LogP contribution in [-0.2, 0) is 11.2 Å². The fourth-order valence-corrected chi connectivity index (χ4v) is 1.77. The molecule has 4 heteroatoms. The first kappa shape index (κ1) is 13.3. The first-order chi connectivity index (χ1) is 8.99. The van der Waals surface area contributed by atoms with E-state index in [-0.39, 0.29) is 0 Å². The molecule has 1 heterocycles. The van der Waals surface area contributed by atoms with Gasteiger partial charge in [-0.3, -0.25) is 4.79 Å². The molecule has 0 aliphatic heterocycles. The summed E-state index contributed by atoms with van der Waals surface area (Å²) in [6.45, 7) is 3.49. The Labute approximate surface area is 112 Å². The van der Waals surface area contributed by atoms with Gasteiger partial charge in [-0.25, -0.2) is 4.68 Å². The molecule has 2 rings (SSSR count). The maximum absolute atomic E-state index is 11.0. The highest BCUT2D eigenvalue weighted by Crippen LogP contribution is 2.23. The van der Waals surface area contributed by atoms with E-state index in [1.807, 2.05) is 41.2 Å². The van der Waals surface area contributed by atoms with Gasteiger partial charge in [0.15, 0.2) is 0 Å². The number of carbonyl (C=O) groups is 1. The molecule has 2 aromatic rings. The van der Waals surface area contributed by atoms with Gasteiger partial charge in [-0.15, -0.1) is 0 Å². The molecule has 0 spiro atoms. The highest BCUT2D eigenvalue weighted by Gasteiger charge is 2.26. The Morgan fingerprint density at radius 1 is 1.32 bits per heavy atom. The number of aliphatic carboxylic acids is 1. The Kier molecular flexibility index (Phi) is 3.69. The SMILES string of the molecule is CC(C)(CCc1cnn(-c2ccccc2)c1)C(=O)O. The molecule has 0 atom stereocenters. The van der Waals surface area contributed by atoms with Gasteiger partial charge in [-0.1, -0.05) is 18.2 Å². The number of hydrogen-bond acceptors (Lipinski definition) is 2. The Hall–Kier alpha value is -2.10. The van der Waals surface area contributed by atoms with E-state index >= 15 is 0 Å². The molecule has 1 aromatic heterocycles. The van der Waals surface area contributed by atoms with Gasteiger partial charge in [0.25, 0.3) is 0 Å². The van der Waals surface area contributed by atoms with Gasteiger partial charge < -0.3 is 5.11 Å². The van der Waals surface area contributed by atoms with E-state index in [0.29, 0.717) is 12.8 Å². The zero-order valence-electron chi connectivity index (χ0n) is 11.2. The predicted octanol–water partition coefficient (Wildman–Crippen LogP) is 2.92. The van der Waals surface area contributed by atoms with Crippen molar-refractivity contribution in [3.05, 3.63) is 48.3 Å². The van der Waals surface area contributed by atoms with Gasteiger partial charge in [-0.05, 0) is 44.4 Å². The summed E-state index contributed by atoms with van der Waals surface area (Å²) < 4.78 is 1.81. The molecular formula is C15H18N2O2. The van der Waals surface area contributed by atoms with Crippen LogP contribution in [0.25, 0.3) is 5.69 Å². The van der Waals surface area contributed by atoms with Crippen LogP contribution in [0.3, 0.4) is 0 Å². The first-order valence-corrected chi connectivity index (χ1v) is 6.31. The van der Waals surface area contributed by atoms with Crippen molar-refractivity contribution in [3.8, 4) is 5.69 Å². The zero-order chi connectivity index (χ0) is 13.9. The van der Waals surface area contributed by atoms with Crippen molar-refractivity contribution >= 4 is 5.97 Å². The lowest BCUT2D eigenvalue weighted by Crippen LogP contribution is -2.24. The number of aryl methyl sites for hydroxylation is 1. The van der Waals surface area contributed by atoms with E-state index in [1.54, 1.807) is 20.0 Å². The fraction of sp³-hybridized carbons (Fsp3) is 0.333. The third-order valence-electron chi connectivity index (χ3n) is 3.27. The molecule has 0 bridgehead atoms. The lowest BCUT2D eigenvalue weighted by Gasteiger charge is -2.17. The minimum Gasteiger partial charge on any atom is -0.481 e. The van der Waals surface area contributed by atoms with Gasteiger partial charge in [0.1, 0.15) is 0 Å². The standard InChI is InChI=1S/C15H18N2O2/c1-15(2,14(18)19)9-8-12-10-16-17(11-12)13-6-4-3-5-7-13/h3-7,10-11H,8-9H2,1-2H3,(H,18,19). The second kappa shape index (κ2) is 5.26. The Balaban J connectivity index is 2.05. The number of para-hydroxylation sites is 1. The van der Waals surface area contributed by atoms with Crippen molar-refractivity contribution < 1.29 is 9.90 Å². The third kappa shape index (κ3) is 3.22. The largest absolute Gasteiger partial charge is 0.481 e. The summed E-state index contributed by atoms with van der Waals surface area (Å²) in [7, 11) is 0. The highest BCUT2D eigenvalue weighted by atomic mass is 16.4. The van der Waals surface area contributed by atoms with Gasteiger partial charge in [-0.2, -0.15) is 5.10 Å². The molecule has 0 amide bonds. The number of aromatic nitrogens is 2. The number of benzene rings is 1. The Morgan fingerprint density at radius 2 is 2.00 bits per heavy atom. The lowest BCUT2D eigenvalue weighted by molar-refractivity contribution is -0.147. The van der Waals surface area contributed by atoms with Crippen LogP contribution in [0.4, 0.5) is 0 Å². The second-order valence-corrected chi connectivity index (χ2v) is 5.32. The quantitative estimate of drug-likeness (QED) is 0.897. The molecule has 0 saturated carbocycles. The van der Waals surface area contributed by atoms with Crippen LogP contribution in [0, 0.1) is 5.41 Å². The van der Waals surface area contributed by atoms with Gasteiger partial charge in [0, 0.05) is 6.20 Å². The van der Waals surface area contributed by atoms with Gasteiger partial charge in [0.05, 0.1) is 17.3 Å². The molecule has 4 nitrogen and oxygen atoms in total. The molecule has 1 N–H and O–H groups in total. The van der Waals surface area contributed by atoms with Crippen LogP contribution in [0.15, 0.2) is 42.7 Å². The van der Waals surface area contributed by atoms with Crippen LogP contribution in [0.2, 0.25) is 0 Å². The van der Waals surface area contributed by atoms with E-state index in [4.69, 9.17) is 5.11 Å². The van der Waals surface area contributed by atoms with Gasteiger partial charge in [0.2, 0.25) is 0 Å². The molecule has 0 saturated heterocycles. The number of carboxylic acid groups (broad SMARTS) is 1. The summed E-state index contributed by atoms with van der Waals surface area (Å²) in [4.78, 5) is 11.0. The first-order valence-electron chi connectivity index (χ1n) is 6.31. The number of nitrogens with zero attached hydrogens (tertiary/aromatic N) is 2. The minimum absolute atomic E-state index is 0.600. The zero-order valence-corrected chi connectivity index (χ0v) is 11.2. The van der Waals surface area contributed by atoms with E-state index in [2.05, 4.69) is 5.10 Å². The minimum atomic E-state index is -0.761. The lowest BCUT2D eigenvalue weighted by atomic mass is 9.87. The molecule has 0 aliphatic carbocycles. The van der Waals surface area contributed by atoms with Crippen LogP contribution in [0.1, 0.15) is 25.8 Å².